The number of hydrogen-bond acceptors (Lipinski definition) is 5. The van der Waals surface area contributed by atoms with Gasteiger partial charge in [-0.05, 0) is 6.92 Å². The van der Waals surface area contributed by atoms with E-state index in [2.05, 4.69) is 0 Å². The van der Waals surface area contributed by atoms with Gasteiger partial charge in [-0.25, -0.2) is 0 Å². The summed E-state index contributed by atoms with van der Waals surface area (Å²) in [5.74, 6) is -0.875. The van der Waals surface area contributed by atoms with Crippen molar-refractivity contribution in [1.82, 2.24) is 0 Å². The van der Waals surface area contributed by atoms with Crippen molar-refractivity contribution in [2.24, 2.45) is 0 Å². The molecular weight excluding hydrogens is 212 g/mol. The maximum absolute atomic E-state index is 11.4. The van der Waals surface area contributed by atoms with Crippen LogP contribution in [0.4, 0.5) is 0 Å². The van der Waals surface area contributed by atoms with Gasteiger partial charge in [-0.3, -0.25) is 4.79 Å². The second kappa shape index (κ2) is 5.79. The van der Waals surface area contributed by atoms with Crippen molar-refractivity contribution in [1.29, 1.82) is 0 Å². The summed E-state index contributed by atoms with van der Waals surface area (Å²) in [7, 11) is 0. The topological polar surface area (TPSA) is 87.0 Å². The molecule has 3 N–H and O–H groups in total. The lowest BCUT2D eigenvalue weighted by atomic mass is 9.92. The third kappa shape index (κ3) is 2.91. The summed E-state index contributed by atoms with van der Waals surface area (Å²) in [6.07, 6.45) is 0.754. The number of carbonyl (C=O) groups is 1. The van der Waals surface area contributed by atoms with E-state index in [4.69, 9.17) is 4.74 Å². The Bertz CT molecular complexity index is 318. The summed E-state index contributed by atoms with van der Waals surface area (Å²) in [6.45, 7) is 2.12. The van der Waals surface area contributed by atoms with Crippen LogP contribution in [0.1, 0.15) is 13.3 Å². The van der Waals surface area contributed by atoms with Crippen LogP contribution < -0.4 is 0 Å². The molecule has 0 aromatic carbocycles. The Morgan fingerprint density at radius 1 is 1.50 bits per heavy atom. The number of hydrogen-bond donors (Lipinski definition) is 3. The smallest absolute Gasteiger partial charge is 0.167 e. The first kappa shape index (κ1) is 12.9. The molecule has 0 radical (unpaired) electrons. The second-order valence-corrected chi connectivity index (χ2v) is 3.59. The Balaban J connectivity index is 2.65. The molecule has 0 aliphatic heterocycles. The predicted octanol–water partition coefficient (Wildman–Crippen LogP) is 0.0858. The van der Waals surface area contributed by atoms with E-state index in [1.165, 1.54) is 0 Å². The zero-order chi connectivity index (χ0) is 12.1. The molecule has 1 rings (SSSR count). The molecule has 2 atom stereocenters. The fraction of sp³-hybridized carbons (Fsp3) is 0.545. The highest BCUT2D eigenvalue weighted by molar-refractivity contribution is 5.97. The molecule has 5 nitrogen and oxygen atoms in total. The summed E-state index contributed by atoms with van der Waals surface area (Å²) >= 11 is 0. The Labute approximate surface area is 93.7 Å². The van der Waals surface area contributed by atoms with Gasteiger partial charge >= 0.3 is 0 Å². The molecule has 16 heavy (non-hydrogen) atoms. The van der Waals surface area contributed by atoms with Crippen molar-refractivity contribution in [2.45, 2.75) is 25.6 Å². The van der Waals surface area contributed by atoms with Gasteiger partial charge < -0.3 is 20.1 Å². The van der Waals surface area contributed by atoms with E-state index in [9.17, 15) is 20.1 Å². The molecule has 5 heteroatoms. The highest BCUT2D eigenvalue weighted by Crippen LogP contribution is 2.21. The first-order valence-electron chi connectivity index (χ1n) is 5.08. The van der Waals surface area contributed by atoms with E-state index in [0.29, 0.717) is 6.61 Å². The summed E-state index contributed by atoms with van der Waals surface area (Å²) in [5.41, 5.74) is 0.0438. The van der Waals surface area contributed by atoms with Crippen LogP contribution in [0.5, 0.6) is 0 Å². The molecule has 0 saturated heterocycles. The number of aliphatic hydroxyl groups is 3. The minimum Gasteiger partial charge on any atom is -0.509 e. The van der Waals surface area contributed by atoms with Crippen LogP contribution in [-0.2, 0) is 9.53 Å². The third-order valence-corrected chi connectivity index (χ3v) is 2.38. The van der Waals surface area contributed by atoms with Gasteiger partial charge in [-0.15, -0.1) is 0 Å². The molecule has 90 valence electrons. The molecular formula is C11H16O5. The van der Waals surface area contributed by atoms with Gasteiger partial charge in [0, 0.05) is 6.42 Å². The third-order valence-electron chi connectivity index (χ3n) is 2.38. The van der Waals surface area contributed by atoms with Gasteiger partial charge in [0.05, 0.1) is 24.9 Å². The van der Waals surface area contributed by atoms with Crippen LogP contribution in [0.15, 0.2) is 23.5 Å². The van der Waals surface area contributed by atoms with Gasteiger partial charge in [0.15, 0.2) is 5.78 Å². The number of aliphatic hydroxyl groups excluding tert-OH is 3. The number of Topliss-reactive ketones (excluding diaryl/α,β-unsaturated/α-hetero) is 1. The van der Waals surface area contributed by atoms with Crippen LogP contribution in [-0.4, -0.2) is 46.5 Å². The van der Waals surface area contributed by atoms with E-state index < -0.39 is 23.8 Å². The average Bonchev–Trinajstić information content (AvgIpc) is 2.25. The highest BCUT2D eigenvalue weighted by Gasteiger charge is 2.33. The number of carbonyl (C=O) groups excluding carboxylic acids is 1. The largest absolute Gasteiger partial charge is 0.509 e. The van der Waals surface area contributed by atoms with Gasteiger partial charge in [0.1, 0.15) is 11.9 Å². The summed E-state index contributed by atoms with van der Waals surface area (Å²) in [4.78, 5) is 11.4. The molecule has 0 bridgehead atoms. The fourth-order valence-corrected chi connectivity index (χ4v) is 1.41. The van der Waals surface area contributed by atoms with Crippen molar-refractivity contribution >= 4 is 5.78 Å². The zero-order valence-corrected chi connectivity index (χ0v) is 9.09. The van der Waals surface area contributed by atoms with E-state index >= 15 is 0 Å². The molecule has 1 aliphatic carbocycles. The van der Waals surface area contributed by atoms with Crippen LogP contribution >= 0.6 is 0 Å². The molecule has 1 aliphatic rings. The second-order valence-electron chi connectivity index (χ2n) is 3.59. The van der Waals surface area contributed by atoms with Crippen LogP contribution in [0.25, 0.3) is 0 Å². The Morgan fingerprint density at radius 2 is 2.19 bits per heavy atom. The van der Waals surface area contributed by atoms with Gasteiger partial charge in [0.25, 0.3) is 0 Å². The lowest BCUT2D eigenvalue weighted by Gasteiger charge is -2.24. The van der Waals surface area contributed by atoms with Crippen molar-refractivity contribution in [3.05, 3.63) is 23.5 Å². The lowest BCUT2D eigenvalue weighted by molar-refractivity contribution is -0.122. The first-order valence-corrected chi connectivity index (χ1v) is 5.08. The Hall–Kier alpha value is -1.17. The van der Waals surface area contributed by atoms with Crippen LogP contribution in [0.2, 0.25) is 0 Å². The van der Waals surface area contributed by atoms with E-state index in [1.807, 2.05) is 6.92 Å². The normalized spacial score (nSPS) is 26.8. The van der Waals surface area contributed by atoms with Gasteiger partial charge in [0.2, 0.25) is 0 Å². The summed E-state index contributed by atoms with van der Waals surface area (Å²) < 4.78 is 5.12. The summed E-state index contributed by atoms with van der Waals surface area (Å²) in [6, 6.07) is 0. The number of rotatable bonds is 4. The molecule has 2 unspecified atom stereocenters. The van der Waals surface area contributed by atoms with Crippen LogP contribution in [0.3, 0.4) is 0 Å². The van der Waals surface area contributed by atoms with Crippen molar-refractivity contribution in [3.8, 4) is 0 Å². The zero-order valence-electron chi connectivity index (χ0n) is 9.09. The summed E-state index contributed by atoms with van der Waals surface area (Å²) in [5, 5.41) is 28.1. The van der Waals surface area contributed by atoms with E-state index in [-0.39, 0.29) is 18.6 Å². The predicted molar refractivity (Wildman–Crippen MR) is 56.9 cm³/mol. The Kier molecular flexibility index (Phi) is 4.67. The maximum Gasteiger partial charge on any atom is 0.167 e. The first-order chi connectivity index (χ1) is 7.57. The average molecular weight is 228 g/mol. The van der Waals surface area contributed by atoms with Crippen molar-refractivity contribution in [3.63, 3.8) is 0 Å². The van der Waals surface area contributed by atoms with Gasteiger partial charge in [-0.2, -0.15) is 0 Å². The molecule has 0 spiro atoms. The fourth-order valence-electron chi connectivity index (χ4n) is 1.41. The van der Waals surface area contributed by atoms with Crippen LogP contribution in [0, 0.1) is 0 Å². The van der Waals surface area contributed by atoms with E-state index in [1.54, 1.807) is 12.2 Å². The molecule has 0 heterocycles. The minimum absolute atomic E-state index is 0.0438. The SMILES string of the molecule is C/C=C/COCC1=C(O)C(O)C(O)CC1=O. The number of allylic oxidation sites excluding steroid dienone is 1. The number of ether oxygens (including phenoxy) is 1. The van der Waals surface area contributed by atoms with Gasteiger partial charge in [-0.1, -0.05) is 12.2 Å². The highest BCUT2D eigenvalue weighted by atomic mass is 16.5. The molecule has 0 amide bonds. The van der Waals surface area contributed by atoms with Crippen molar-refractivity contribution in [2.75, 3.05) is 13.2 Å². The Morgan fingerprint density at radius 3 is 2.81 bits per heavy atom. The molecule has 0 saturated carbocycles. The molecule has 0 aromatic heterocycles. The lowest BCUT2D eigenvalue weighted by Crippen LogP contribution is -2.37. The standard InChI is InChI=1S/C11H16O5/c1-2-3-4-16-6-7-8(12)5-9(13)11(15)10(7)14/h2-3,9,11,13-15H,4-6H2,1H3/b3-2+. The molecule has 0 aromatic rings. The minimum atomic E-state index is -1.39. The van der Waals surface area contributed by atoms with Crippen molar-refractivity contribution < 1.29 is 24.9 Å². The molecule has 0 fully saturated rings. The maximum atomic E-state index is 11.4. The number of ketones is 1. The quantitative estimate of drug-likeness (QED) is 0.469. The monoisotopic (exact) mass is 228 g/mol. The van der Waals surface area contributed by atoms with E-state index in [0.717, 1.165) is 0 Å².